The van der Waals surface area contributed by atoms with Crippen LogP contribution >= 0.6 is 0 Å². The number of nitrogens with zero attached hydrogens (tertiary/aromatic N) is 3. The summed E-state index contributed by atoms with van der Waals surface area (Å²) in [5.41, 5.74) is 5.47. The summed E-state index contributed by atoms with van der Waals surface area (Å²) in [4.78, 5) is 17.7. The number of anilines is 1. The van der Waals surface area contributed by atoms with Crippen LogP contribution in [0.5, 0.6) is 11.6 Å². The van der Waals surface area contributed by atoms with Crippen molar-refractivity contribution < 1.29 is 9.66 Å². The second-order valence-corrected chi connectivity index (χ2v) is 3.10. The molecule has 1 aromatic heterocycles. The Labute approximate surface area is 96.0 Å². The fourth-order valence-corrected chi connectivity index (χ4v) is 1.19. The van der Waals surface area contributed by atoms with E-state index in [0.29, 0.717) is 0 Å². The number of nitro benzene ring substituents is 1. The molecule has 0 bridgehead atoms. The van der Waals surface area contributed by atoms with Gasteiger partial charge in [0, 0.05) is 18.5 Å². The van der Waals surface area contributed by atoms with Crippen molar-refractivity contribution in [2.75, 3.05) is 5.73 Å². The Hall–Kier alpha value is -2.70. The zero-order valence-electron chi connectivity index (χ0n) is 8.61. The first-order valence-electron chi connectivity index (χ1n) is 4.65. The lowest BCUT2D eigenvalue weighted by Gasteiger charge is -2.05. The van der Waals surface area contributed by atoms with Gasteiger partial charge in [-0.2, -0.15) is 0 Å². The van der Waals surface area contributed by atoms with Crippen molar-refractivity contribution in [2.24, 2.45) is 0 Å². The van der Waals surface area contributed by atoms with Gasteiger partial charge in [-0.05, 0) is 6.07 Å². The molecule has 0 spiro atoms. The van der Waals surface area contributed by atoms with Crippen LogP contribution < -0.4 is 10.5 Å². The van der Waals surface area contributed by atoms with E-state index in [4.69, 9.17) is 10.5 Å². The van der Waals surface area contributed by atoms with Crippen molar-refractivity contribution in [2.45, 2.75) is 0 Å². The van der Waals surface area contributed by atoms with Gasteiger partial charge < -0.3 is 10.5 Å². The van der Waals surface area contributed by atoms with Crippen LogP contribution in [0.2, 0.25) is 0 Å². The summed E-state index contributed by atoms with van der Waals surface area (Å²) in [6, 6.07) is 5.74. The normalized spacial score (nSPS) is 9.88. The highest BCUT2D eigenvalue weighted by Crippen LogP contribution is 2.25. The van der Waals surface area contributed by atoms with Crippen LogP contribution in [-0.4, -0.2) is 14.9 Å². The highest BCUT2D eigenvalue weighted by atomic mass is 16.6. The minimum absolute atomic E-state index is 0.0649. The average molecular weight is 232 g/mol. The Bertz CT molecular complexity index is 559. The molecule has 0 aliphatic heterocycles. The maximum absolute atomic E-state index is 10.6. The van der Waals surface area contributed by atoms with Crippen molar-refractivity contribution in [3.63, 3.8) is 0 Å². The van der Waals surface area contributed by atoms with Crippen molar-refractivity contribution in [3.8, 4) is 11.6 Å². The van der Waals surface area contributed by atoms with Crippen LogP contribution in [0.3, 0.4) is 0 Å². The quantitative estimate of drug-likeness (QED) is 0.638. The maximum Gasteiger partial charge on any atom is 0.273 e. The molecule has 2 N–H and O–H groups in total. The summed E-state index contributed by atoms with van der Waals surface area (Å²) in [5.74, 6) is 0.526. The standard InChI is InChI=1S/C10H8N4O3/c11-9-10(13-5-4-12-9)17-8-3-1-2-7(6-8)14(15)16/h1-6H,(H2,11,12). The van der Waals surface area contributed by atoms with E-state index in [1.807, 2.05) is 0 Å². The molecule has 86 valence electrons. The molecule has 17 heavy (non-hydrogen) atoms. The van der Waals surface area contributed by atoms with E-state index >= 15 is 0 Å². The Balaban J connectivity index is 2.28. The molecule has 1 aromatic carbocycles. The maximum atomic E-state index is 10.6. The number of hydrogen-bond acceptors (Lipinski definition) is 6. The highest BCUT2D eigenvalue weighted by Gasteiger charge is 2.09. The zero-order valence-corrected chi connectivity index (χ0v) is 8.61. The Morgan fingerprint density at radius 2 is 2.06 bits per heavy atom. The number of rotatable bonds is 3. The van der Waals surface area contributed by atoms with Crippen molar-refractivity contribution in [1.82, 2.24) is 9.97 Å². The summed E-state index contributed by atoms with van der Waals surface area (Å²) in [7, 11) is 0. The van der Waals surface area contributed by atoms with Gasteiger partial charge in [-0.25, -0.2) is 9.97 Å². The van der Waals surface area contributed by atoms with Crippen LogP contribution in [0.15, 0.2) is 36.7 Å². The minimum atomic E-state index is -0.507. The smallest absolute Gasteiger partial charge is 0.273 e. The molecule has 0 amide bonds. The fraction of sp³-hybridized carbons (Fsp3) is 0. The number of hydrogen-bond donors (Lipinski definition) is 1. The second kappa shape index (κ2) is 4.44. The van der Waals surface area contributed by atoms with Gasteiger partial charge in [0.1, 0.15) is 5.75 Å². The van der Waals surface area contributed by atoms with Crippen molar-refractivity contribution in [3.05, 3.63) is 46.8 Å². The van der Waals surface area contributed by atoms with E-state index in [9.17, 15) is 10.1 Å². The molecular weight excluding hydrogens is 224 g/mol. The van der Waals surface area contributed by atoms with E-state index < -0.39 is 4.92 Å². The monoisotopic (exact) mass is 232 g/mol. The van der Waals surface area contributed by atoms with E-state index in [2.05, 4.69) is 9.97 Å². The van der Waals surface area contributed by atoms with Gasteiger partial charge in [0.2, 0.25) is 0 Å². The molecule has 7 heteroatoms. The largest absolute Gasteiger partial charge is 0.436 e. The van der Waals surface area contributed by atoms with Gasteiger partial charge in [0.05, 0.1) is 11.0 Å². The summed E-state index contributed by atoms with van der Waals surface area (Å²) in [6.07, 6.45) is 2.85. The molecule has 0 atom stereocenters. The lowest BCUT2D eigenvalue weighted by atomic mass is 10.3. The predicted octanol–water partition coefficient (Wildman–Crippen LogP) is 1.76. The third kappa shape index (κ3) is 2.46. The summed E-state index contributed by atoms with van der Waals surface area (Å²) >= 11 is 0. The number of nitrogens with two attached hydrogens (primary N) is 1. The van der Waals surface area contributed by atoms with Crippen molar-refractivity contribution >= 4 is 11.5 Å². The fourth-order valence-electron chi connectivity index (χ4n) is 1.19. The lowest BCUT2D eigenvalue weighted by Crippen LogP contribution is -1.97. The third-order valence-corrected chi connectivity index (χ3v) is 1.93. The van der Waals surface area contributed by atoms with Crippen LogP contribution in [-0.2, 0) is 0 Å². The molecule has 7 nitrogen and oxygen atoms in total. The second-order valence-electron chi connectivity index (χ2n) is 3.10. The number of nitrogen functional groups attached to an aromatic ring is 1. The molecule has 0 saturated heterocycles. The molecule has 2 aromatic rings. The molecule has 0 saturated carbocycles. The van der Waals surface area contributed by atoms with Crippen LogP contribution in [0.4, 0.5) is 11.5 Å². The number of benzene rings is 1. The molecule has 1 heterocycles. The molecule has 0 unspecified atom stereocenters. The first kappa shape index (κ1) is 10.8. The van der Waals surface area contributed by atoms with Gasteiger partial charge in [0.15, 0.2) is 5.82 Å². The molecular formula is C10H8N4O3. The first-order valence-corrected chi connectivity index (χ1v) is 4.65. The summed E-state index contributed by atoms with van der Waals surface area (Å²) < 4.78 is 5.30. The summed E-state index contributed by atoms with van der Waals surface area (Å²) in [6.45, 7) is 0. The van der Waals surface area contributed by atoms with Gasteiger partial charge in [0.25, 0.3) is 11.6 Å². The molecule has 2 rings (SSSR count). The Morgan fingerprint density at radius 1 is 1.29 bits per heavy atom. The van der Waals surface area contributed by atoms with Crippen LogP contribution in [0.1, 0.15) is 0 Å². The zero-order chi connectivity index (χ0) is 12.3. The highest BCUT2D eigenvalue weighted by molar-refractivity contribution is 5.44. The topological polar surface area (TPSA) is 104 Å². The van der Waals surface area contributed by atoms with E-state index in [1.165, 1.54) is 30.6 Å². The molecule has 0 radical (unpaired) electrons. The van der Waals surface area contributed by atoms with Gasteiger partial charge >= 0.3 is 0 Å². The van der Waals surface area contributed by atoms with Gasteiger partial charge in [-0.3, -0.25) is 10.1 Å². The van der Waals surface area contributed by atoms with Gasteiger partial charge in [-0.15, -0.1) is 0 Å². The first-order chi connectivity index (χ1) is 8.16. The van der Waals surface area contributed by atoms with Gasteiger partial charge in [-0.1, -0.05) is 6.07 Å². The number of ether oxygens (including phenoxy) is 1. The Kier molecular flexibility index (Phi) is 2.82. The number of nitro groups is 1. The number of aromatic nitrogens is 2. The predicted molar refractivity (Wildman–Crippen MR) is 59.6 cm³/mol. The number of non-ortho nitro benzene ring substituents is 1. The Morgan fingerprint density at radius 3 is 2.76 bits per heavy atom. The van der Waals surface area contributed by atoms with E-state index in [-0.39, 0.29) is 23.1 Å². The van der Waals surface area contributed by atoms with Crippen LogP contribution in [0, 0.1) is 10.1 Å². The van der Waals surface area contributed by atoms with Crippen LogP contribution in [0.25, 0.3) is 0 Å². The lowest BCUT2D eigenvalue weighted by molar-refractivity contribution is -0.384. The molecule has 0 aliphatic carbocycles. The van der Waals surface area contributed by atoms with E-state index in [0.717, 1.165) is 0 Å². The molecule has 0 aliphatic rings. The average Bonchev–Trinajstić information content (AvgIpc) is 2.32. The van der Waals surface area contributed by atoms with E-state index in [1.54, 1.807) is 6.07 Å². The summed E-state index contributed by atoms with van der Waals surface area (Å²) in [5, 5.41) is 10.6. The SMILES string of the molecule is Nc1nccnc1Oc1cccc([N+](=O)[O-])c1. The molecule has 0 fully saturated rings. The van der Waals surface area contributed by atoms with Crippen molar-refractivity contribution in [1.29, 1.82) is 0 Å². The third-order valence-electron chi connectivity index (χ3n) is 1.93. The minimum Gasteiger partial charge on any atom is -0.436 e.